The number of piperidine rings is 1. The lowest BCUT2D eigenvalue weighted by Gasteiger charge is -2.39. The molecule has 1 fully saturated rings. The highest BCUT2D eigenvalue weighted by molar-refractivity contribution is 5.73. The van der Waals surface area contributed by atoms with Gasteiger partial charge < -0.3 is 15.5 Å². The summed E-state index contributed by atoms with van der Waals surface area (Å²) in [5, 5.41) is 3.01. The van der Waals surface area contributed by atoms with Crippen LogP contribution in [0.25, 0.3) is 0 Å². The number of amides is 1. The molecule has 1 aliphatic heterocycles. The van der Waals surface area contributed by atoms with Crippen molar-refractivity contribution in [3.63, 3.8) is 0 Å². The Bertz CT molecular complexity index is 464. The Labute approximate surface area is 126 Å². The molecule has 1 aromatic heterocycles. The average Bonchev–Trinajstić information content (AvgIpc) is 2.86. The molecule has 2 atom stereocenters. The van der Waals surface area contributed by atoms with Gasteiger partial charge in [-0.25, -0.2) is 0 Å². The summed E-state index contributed by atoms with van der Waals surface area (Å²) in [5.41, 5.74) is 6.33. The van der Waals surface area contributed by atoms with Gasteiger partial charge in [0.2, 0.25) is 5.91 Å². The summed E-state index contributed by atoms with van der Waals surface area (Å²) in [6, 6.07) is 4.51. The number of nitrogens with zero attached hydrogens (tertiary/aromatic N) is 1. The fourth-order valence-electron chi connectivity index (χ4n) is 3.11. The molecule has 2 heterocycles. The number of carbonyl (C=O) groups is 1. The topological polar surface area (TPSA) is 71.5 Å². The van der Waals surface area contributed by atoms with Crippen LogP contribution >= 0.6 is 0 Å². The van der Waals surface area contributed by atoms with E-state index < -0.39 is 0 Å². The molecule has 5 heteroatoms. The first-order valence-corrected chi connectivity index (χ1v) is 7.84. The van der Waals surface area contributed by atoms with Gasteiger partial charge in [0.1, 0.15) is 11.5 Å². The molecular formula is C16H27N3O2. The lowest BCUT2D eigenvalue weighted by atomic mass is 9.97. The molecule has 0 radical (unpaired) electrons. The van der Waals surface area contributed by atoms with E-state index >= 15 is 0 Å². The molecular weight excluding hydrogens is 266 g/mol. The summed E-state index contributed by atoms with van der Waals surface area (Å²) in [5.74, 6) is 1.93. The van der Waals surface area contributed by atoms with Gasteiger partial charge in [-0.05, 0) is 38.3 Å². The molecule has 1 amide bonds. The van der Waals surface area contributed by atoms with Gasteiger partial charge in [-0.3, -0.25) is 9.69 Å². The van der Waals surface area contributed by atoms with Crippen molar-refractivity contribution in [2.75, 3.05) is 13.1 Å². The third-order valence-corrected chi connectivity index (χ3v) is 4.26. The van der Waals surface area contributed by atoms with Crippen LogP contribution in [0.1, 0.15) is 50.7 Å². The largest absolute Gasteiger partial charge is 0.465 e. The third kappa shape index (κ3) is 4.08. The zero-order valence-corrected chi connectivity index (χ0v) is 13.3. The highest BCUT2D eigenvalue weighted by atomic mass is 16.3. The number of carbonyl (C=O) groups excluding carboxylic acids is 1. The zero-order chi connectivity index (χ0) is 15.4. The molecule has 0 aliphatic carbocycles. The van der Waals surface area contributed by atoms with Crippen LogP contribution in [0.4, 0.5) is 0 Å². The van der Waals surface area contributed by atoms with Crippen molar-refractivity contribution in [2.24, 2.45) is 5.73 Å². The standard InChI is InChI=1S/C16H27N3O2/c1-4-14(17)16(15-6-5-11(2)21-15)19-9-7-13(8-10-19)18-12(3)20/h5-6,13-14,16H,4,7-10,17H2,1-3H3,(H,18,20). The molecule has 1 saturated heterocycles. The summed E-state index contributed by atoms with van der Waals surface area (Å²) in [7, 11) is 0. The second-order valence-corrected chi connectivity index (χ2v) is 5.98. The van der Waals surface area contributed by atoms with Crippen LogP contribution in [0.2, 0.25) is 0 Å². The SMILES string of the molecule is CCC(N)C(c1ccc(C)o1)N1CCC(NC(C)=O)CC1. The molecule has 5 nitrogen and oxygen atoms in total. The number of hydrogen-bond acceptors (Lipinski definition) is 4. The zero-order valence-electron chi connectivity index (χ0n) is 13.3. The van der Waals surface area contributed by atoms with E-state index in [-0.39, 0.29) is 24.0 Å². The van der Waals surface area contributed by atoms with E-state index in [0.29, 0.717) is 0 Å². The van der Waals surface area contributed by atoms with Gasteiger partial charge in [0, 0.05) is 32.1 Å². The smallest absolute Gasteiger partial charge is 0.217 e. The van der Waals surface area contributed by atoms with Crippen LogP contribution in [0.3, 0.4) is 0 Å². The lowest BCUT2D eigenvalue weighted by molar-refractivity contribution is -0.120. The maximum Gasteiger partial charge on any atom is 0.217 e. The van der Waals surface area contributed by atoms with Crippen LogP contribution in [0.15, 0.2) is 16.5 Å². The number of furan rings is 1. The van der Waals surface area contributed by atoms with Crippen molar-refractivity contribution < 1.29 is 9.21 Å². The van der Waals surface area contributed by atoms with Gasteiger partial charge in [-0.1, -0.05) is 6.92 Å². The van der Waals surface area contributed by atoms with Crippen LogP contribution in [0.5, 0.6) is 0 Å². The number of nitrogens with two attached hydrogens (primary N) is 1. The van der Waals surface area contributed by atoms with Crippen molar-refractivity contribution in [2.45, 2.75) is 58.2 Å². The molecule has 0 saturated carbocycles. The predicted octanol–water partition coefficient (Wildman–Crippen LogP) is 1.97. The molecule has 2 unspecified atom stereocenters. The molecule has 21 heavy (non-hydrogen) atoms. The van der Waals surface area contributed by atoms with E-state index in [2.05, 4.69) is 17.1 Å². The van der Waals surface area contributed by atoms with Gasteiger partial charge >= 0.3 is 0 Å². The molecule has 0 bridgehead atoms. The minimum atomic E-state index is 0.0527. The van der Waals surface area contributed by atoms with E-state index in [0.717, 1.165) is 43.9 Å². The van der Waals surface area contributed by atoms with E-state index in [1.54, 1.807) is 6.92 Å². The predicted molar refractivity (Wildman–Crippen MR) is 82.9 cm³/mol. The van der Waals surface area contributed by atoms with Crippen LogP contribution in [0, 0.1) is 6.92 Å². The van der Waals surface area contributed by atoms with Gasteiger partial charge in [-0.15, -0.1) is 0 Å². The van der Waals surface area contributed by atoms with Gasteiger partial charge in [0.25, 0.3) is 0 Å². The highest BCUT2D eigenvalue weighted by Crippen LogP contribution is 2.29. The number of nitrogens with one attached hydrogen (secondary N) is 1. The van der Waals surface area contributed by atoms with Crippen molar-refractivity contribution in [3.8, 4) is 0 Å². The minimum absolute atomic E-state index is 0.0527. The number of likely N-dealkylation sites (tertiary alicyclic amines) is 1. The average molecular weight is 293 g/mol. The maximum absolute atomic E-state index is 11.1. The van der Waals surface area contributed by atoms with Crippen molar-refractivity contribution >= 4 is 5.91 Å². The first kappa shape index (κ1) is 16.0. The number of rotatable bonds is 5. The van der Waals surface area contributed by atoms with Gasteiger partial charge in [0.15, 0.2) is 0 Å². The number of aryl methyl sites for hydroxylation is 1. The second-order valence-electron chi connectivity index (χ2n) is 5.98. The Morgan fingerprint density at radius 1 is 1.48 bits per heavy atom. The van der Waals surface area contributed by atoms with Crippen molar-refractivity contribution in [1.29, 1.82) is 0 Å². The van der Waals surface area contributed by atoms with E-state index in [1.165, 1.54) is 0 Å². The van der Waals surface area contributed by atoms with Gasteiger partial charge in [-0.2, -0.15) is 0 Å². The maximum atomic E-state index is 11.1. The summed E-state index contributed by atoms with van der Waals surface area (Å²) in [4.78, 5) is 13.5. The molecule has 1 aromatic rings. The summed E-state index contributed by atoms with van der Waals surface area (Å²) in [6.45, 7) is 7.51. The Morgan fingerprint density at radius 2 is 2.14 bits per heavy atom. The quantitative estimate of drug-likeness (QED) is 0.870. The fraction of sp³-hybridized carbons (Fsp3) is 0.688. The molecule has 3 N–H and O–H groups in total. The Morgan fingerprint density at radius 3 is 2.62 bits per heavy atom. The molecule has 0 aromatic carbocycles. The Balaban J connectivity index is 2.04. The normalized spacial score (nSPS) is 20.2. The Kier molecular flexibility index (Phi) is 5.42. The highest BCUT2D eigenvalue weighted by Gasteiger charge is 2.31. The third-order valence-electron chi connectivity index (χ3n) is 4.26. The van der Waals surface area contributed by atoms with E-state index in [1.807, 2.05) is 19.1 Å². The summed E-state index contributed by atoms with van der Waals surface area (Å²) < 4.78 is 5.82. The number of hydrogen-bond donors (Lipinski definition) is 2. The van der Waals surface area contributed by atoms with Crippen LogP contribution in [-0.2, 0) is 4.79 Å². The molecule has 118 valence electrons. The minimum Gasteiger partial charge on any atom is -0.465 e. The van der Waals surface area contributed by atoms with Crippen molar-refractivity contribution in [1.82, 2.24) is 10.2 Å². The first-order valence-electron chi connectivity index (χ1n) is 7.84. The lowest BCUT2D eigenvalue weighted by Crippen LogP contribution is -2.48. The van der Waals surface area contributed by atoms with Crippen LogP contribution < -0.4 is 11.1 Å². The molecule has 1 aliphatic rings. The summed E-state index contributed by atoms with van der Waals surface area (Å²) >= 11 is 0. The first-order chi connectivity index (χ1) is 10.0. The monoisotopic (exact) mass is 293 g/mol. The Hall–Kier alpha value is -1.33. The molecule has 0 spiro atoms. The molecule has 2 rings (SSSR count). The van der Waals surface area contributed by atoms with E-state index in [9.17, 15) is 4.79 Å². The van der Waals surface area contributed by atoms with E-state index in [4.69, 9.17) is 10.2 Å². The van der Waals surface area contributed by atoms with Crippen molar-refractivity contribution in [3.05, 3.63) is 23.7 Å². The van der Waals surface area contributed by atoms with Gasteiger partial charge in [0.05, 0.1) is 6.04 Å². The summed E-state index contributed by atoms with van der Waals surface area (Å²) in [6.07, 6.45) is 2.84. The fourth-order valence-corrected chi connectivity index (χ4v) is 3.11. The second kappa shape index (κ2) is 7.09. The van der Waals surface area contributed by atoms with Crippen LogP contribution in [-0.4, -0.2) is 36.0 Å².